The number of pyridine rings is 1. The largest absolute Gasteiger partial charge is 0.310 e. The average Bonchev–Trinajstić information content (AvgIpc) is 2.64. The average molecular weight is 352 g/mol. The summed E-state index contributed by atoms with van der Waals surface area (Å²) in [6, 6.07) is 16.1. The Labute approximate surface area is 156 Å². The molecule has 0 radical (unpaired) electrons. The van der Waals surface area contributed by atoms with Gasteiger partial charge < -0.3 is 5.32 Å². The van der Waals surface area contributed by atoms with Gasteiger partial charge in [0.15, 0.2) is 0 Å². The highest BCUT2D eigenvalue weighted by atomic mass is 19.1. The van der Waals surface area contributed by atoms with Crippen LogP contribution in [0.15, 0.2) is 60.9 Å². The maximum atomic E-state index is 13.6. The van der Waals surface area contributed by atoms with Crippen molar-refractivity contribution in [2.24, 2.45) is 0 Å². The maximum Gasteiger partial charge on any atom is 0.126 e. The second kappa shape index (κ2) is 10.0. The molecular weight excluding hydrogens is 323 g/mol. The topological polar surface area (TPSA) is 24.9 Å². The highest BCUT2D eigenvalue weighted by molar-refractivity contribution is 5.81. The van der Waals surface area contributed by atoms with E-state index in [2.05, 4.69) is 35.4 Å². The van der Waals surface area contributed by atoms with E-state index in [-0.39, 0.29) is 13.2 Å². The molecule has 0 aliphatic heterocycles. The van der Waals surface area contributed by atoms with Crippen LogP contribution in [0.3, 0.4) is 0 Å². The Morgan fingerprint density at radius 2 is 1.88 bits per heavy atom. The lowest BCUT2D eigenvalue weighted by molar-refractivity contribution is 0.487. The van der Waals surface area contributed by atoms with Crippen LogP contribution in [0.1, 0.15) is 44.7 Å². The van der Waals surface area contributed by atoms with Gasteiger partial charge in [0.2, 0.25) is 0 Å². The lowest BCUT2D eigenvalue weighted by atomic mass is 10.0. The third-order valence-electron chi connectivity index (χ3n) is 4.65. The molecule has 2 nitrogen and oxygen atoms in total. The second-order valence-electron chi connectivity index (χ2n) is 6.68. The lowest BCUT2D eigenvalue weighted by Crippen LogP contribution is -2.25. The van der Waals surface area contributed by atoms with Crippen LogP contribution in [-0.2, 0) is 13.0 Å². The number of unbranched alkanes of at least 4 members (excludes halogenated alkanes) is 1. The van der Waals surface area contributed by atoms with E-state index >= 15 is 0 Å². The van der Waals surface area contributed by atoms with Gasteiger partial charge in [0.05, 0.1) is 0 Å². The molecule has 0 saturated carbocycles. The van der Waals surface area contributed by atoms with Crippen molar-refractivity contribution in [2.75, 3.05) is 0 Å². The quantitative estimate of drug-likeness (QED) is 0.510. The summed E-state index contributed by atoms with van der Waals surface area (Å²) in [4.78, 5) is 4.15. The number of fused-ring (bicyclic) bond motifs is 1. The number of hydrogen-bond donors (Lipinski definition) is 1. The number of hydrogen-bond acceptors (Lipinski definition) is 2. The molecule has 0 fully saturated rings. The summed E-state index contributed by atoms with van der Waals surface area (Å²) in [7, 11) is 0. The van der Waals surface area contributed by atoms with Crippen molar-refractivity contribution < 1.29 is 4.39 Å². The second-order valence-corrected chi connectivity index (χ2v) is 6.68. The standard InChI is InChI=1S/C22H25FN2.CH4/c1-17(6-2-3-7-19-8-4-5-9-22(19)23)25-15-18-10-11-21-16-24-13-12-20(21)14-18;/h4-5,8-14,16-17,25H,2-3,6-7,15H2,1H3;1H4/t17-;/m1./s1. The zero-order chi connectivity index (χ0) is 17.5. The fraction of sp³-hybridized carbons (Fsp3) is 0.348. The van der Waals surface area contributed by atoms with Crippen LogP contribution in [0.5, 0.6) is 0 Å². The Bertz CT molecular complexity index is 816. The van der Waals surface area contributed by atoms with Crippen molar-refractivity contribution in [2.45, 2.75) is 52.6 Å². The van der Waals surface area contributed by atoms with Crippen LogP contribution in [0, 0.1) is 5.82 Å². The maximum absolute atomic E-state index is 13.6. The van der Waals surface area contributed by atoms with E-state index in [0.29, 0.717) is 6.04 Å². The van der Waals surface area contributed by atoms with Gasteiger partial charge in [0, 0.05) is 30.4 Å². The first-order valence-corrected chi connectivity index (χ1v) is 9.02. The minimum Gasteiger partial charge on any atom is -0.310 e. The molecule has 0 aliphatic rings. The fourth-order valence-corrected chi connectivity index (χ4v) is 3.10. The molecule has 0 saturated heterocycles. The van der Waals surface area contributed by atoms with Gasteiger partial charge in [0.25, 0.3) is 0 Å². The molecule has 1 aromatic heterocycles. The zero-order valence-corrected chi connectivity index (χ0v) is 14.7. The van der Waals surface area contributed by atoms with E-state index in [0.717, 1.165) is 37.8 Å². The van der Waals surface area contributed by atoms with Crippen molar-refractivity contribution in [3.8, 4) is 0 Å². The number of rotatable bonds is 8. The van der Waals surface area contributed by atoms with E-state index in [9.17, 15) is 4.39 Å². The number of nitrogens with zero attached hydrogens (tertiary/aromatic N) is 1. The predicted molar refractivity (Wildman–Crippen MR) is 109 cm³/mol. The van der Waals surface area contributed by atoms with Gasteiger partial charge in [-0.05, 0) is 60.9 Å². The molecule has 138 valence electrons. The van der Waals surface area contributed by atoms with Gasteiger partial charge in [-0.3, -0.25) is 4.98 Å². The normalized spacial score (nSPS) is 11.9. The van der Waals surface area contributed by atoms with Gasteiger partial charge in [0.1, 0.15) is 5.82 Å². The van der Waals surface area contributed by atoms with E-state index in [1.807, 2.05) is 30.6 Å². The lowest BCUT2D eigenvalue weighted by Gasteiger charge is -2.14. The van der Waals surface area contributed by atoms with Crippen LogP contribution >= 0.6 is 0 Å². The highest BCUT2D eigenvalue weighted by Crippen LogP contribution is 2.15. The SMILES string of the molecule is C.C[C@H](CCCCc1ccccc1F)NCc1ccc2cnccc2c1. The Morgan fingerprint density at radius 1 is 1.04 bits per heavy atom. The molecule has 26 heavy (non-hydrogen) atoms. The minimum absolute atomic E-state index is 0. The number of nitrogens with one attached hydrogen (secondary N) is 1. The third-order valence-corrected chi connectivity index (χ3v) is 4.65. The molecule has 3 heteroatoms. The summed E-state index contributed by atoms with van der Waals surface area (Å²) in [6.07, 6.45) is 7.77. The van der Waals surface area contributed by atoms with Gasteiger partial charge >= 0.3 is 0 Å². The highest BCUT2D eigenvalue weighted by Gasteiger charge is 2.04. The molecule has 1 N–H and O–H groups in total. The molecule has 3 aromatic rings. The molecule has 0 spiro atoms. The molecule has 0 unspecified atom stereocenters. The monoisotopic (exact) mass is 352 g/mol. The summed E-state index contributed by atoms with van der Waals surface area (Å²) in [5.74, 6) is -0.0832. The Hall–Kier alpha value is -2.26. The molecule has 1 atom stereocenters. The molecule has 1 heterocycles. The fourth-order valence-electron chi connectivity index (χ4n) is 3.10. The van der Waals surface area contributed by atoms with E-state index in [4.69, 9.17) is 0 Å². The first-order chi connectivity index (χ1) is 12.2. The first-order valence-electron chi connectivity index (χ1n) is 9.02. The van der Waals surface area contributed by atoms with Crippen LogP contribution in [0.25, 0.3) is 10.8 Å². The van der Waals surface area contributed by atoms with Gasteiger partial charge in [-0.25, -0.2) is 4.39 Å². The predicted octanol–water partition coefficient (Wildman–Crippen LogP) is 5.90. The first kappa shape index (κ1) is 20.1. The number of aromatic nitrogens is 1. The van der Waals surface area contributed by atoms with Crippen molar-refractivity contribution >= 4 is 10.8 Å². The summed E-state index contributed by atoms with van der Waals surface area (Å²) < 4.78 is 13.6. The van der Waals surface area contributed by atoms with Crippen LogP contribution in [0.4, 0.5) is 4.39 Å². The van der Waals surface area contributed by atoms with Crippen molar-refractivity contribution in [1.82, 2.24) is 10.3 Å². The Balaban J connectivity index is 0.00000243. The molecule has 3 rings (SSSR count). The smallest absolute Gasteiger partial charge is 0.126 e. The van der Waals surface area contributed by atoms with Gasteiger partial charge in [-0.15, -0.1) is 0 Å². The molecule has 2 aromatic carbocycles. The minimum atomic E-state index is -0.0832. The molecule has 0 bridgehead atoms. The van der Waals surface area contributed by atoms with Crippen LogP contribution < -0.4 is 5.32 Å². The van der Waals surface area contributed by atoms with E-state index in [1.54, 1.807) is 12.1 Å². The third kappa shape index (κ3) is 5.63. The van der Waals surface area contributed by atoms with Crippen molar-refractivity contribution in [1.29, 1.82) is 0 Å². The summed E-state index contributed by atoms with van der Waals surface area (Å²) in [5, 5.41) is 5.99. The van der Waals surface area contributed by atoms with E-state index < -0.39 is 0 Å². The van der Waals surface area contributed by atoms with Crippen molar-refractivity contribution in [3.05, 3.63) is 77.9 Å². The van der Waals surface area contributed by atoms with Gasteiger partial charge in [-0.1, -0.05) is 44.2 Å². The Kier molecular flexibility index (Phi) is 7.73. The van der Waals surface area contributed by atoms with Crippen LogP contribution in [-0.4, -0.2) is 11.0 Å². The van der Waals surface area contributed by atoms with Crippen molar-refractivity contribution in [3.63, 3.8) is 0 Å². The summed E-state index contributed by atoms with van der Waals surface area (Å²) >= 11 is 0. The summed E-state index contributed by atoms with van der Waals surface area (Å²) in [5.41, 5.74) is 2.12. The van der Waals surface area contributed by atoms with Crippen LogP contribution in [0.2, 0.25) is 0 Å². The summed E-state index contributed by atoms with van der Waals surface area (Å²) in [6.45, 7) is 3.08. The molecule has 0 aliphatic carbocycles. The number of halogens is 1. The van der Waals surface area contributed by atoms with E-state index in [1.165, 1.54) is 16.3 Å². The Morgan fingerprint density at radius 3 is 2.73 bits per heavy atom. The molecular formula is C23H29FN2. The van der Waals surface area contributed by atoms with Gasteiger partial charge in [-0.2, -0.15) is 0 Å². The zero-order valence-electron chi connectivity index (χ0n) is 14.7. The number of aryl methyl sites for hydroxylation is 1. The molecule has 0 amide bonds. The number of benzene rings is 2.